The summed E-state index contributed by atoms with van der Waals surface area (Å²) in [4.78, 5) is 17.3. The molecule has 1 aromatic rings. The summed E-state index contributed by atoms with van der Waals surface area (Å²) >= 11 is 0. The second-order valence-electron chi connectivity index (χ2n) is 3.59. The number of hydrogen-bond donors (Lipinski definition) is 1. The van der Waals surface area contributed by atoms with Gasteiger partial charge in [-0.25, -0.2) is 4.98 Å². The summed E-state index contributed by atoms with van der Waals surface area (Å²) in [5.41, 5.74) is 0.396. The summed E-state index contributed by atoms with van der Waals surface area (Å²) in [6, 6.07) is 3.32. The Morgan fingerprint density at radius 1 is 1.69 bits per heavy atom. The third kappa shape index (κ3) is 2.93. The molecule has 5 nitrogen and oxygen atoms in total. The average molecular weight is 224 g/mol. The first-order valence-corrected chi connectivity index (χ1v) is 4.98. The van der Waals surface area contributed by atoms with Crippen molar-refractivity contribution in [1.82, 2.24) is 9.88 Å². The molecule has 0 aromatic carbocycles. The zero-order chi connectivity index (χ0) is 12.1. The van der Waals surface area contributed by atoms with E-state index in [0.717, 1.165) is 0 Å². The van der Waals surface area contributed by atoms with Crippen molar-refractivity contribution in [3.8, 4) is 5.88 Å². The third-order valence-electron chi connectivity index (χ3n) is 2.08. The summed E-state index contributed by atoms with van der Waals surface area (Å²) in [5.74, 6) is 0.0794. The van der Waals surface area contributed by atoms with E-state index < -0.39 is 6.10 Å². The average Bonchev–Trinajstić information content (AvgIpc) is 2.27. The normalized spacial score (nSPS) is 12.0. The number of pyridine rings is 1. The number of methoxy groups -OCH3 is 1. The zero-order valence-electron chi connectivity index (χ0n) is 9.67. The molecule has 0 aliphatic carbocycles. The Bertz CT molecular complexity index is 366. The Kier molecular flexibility index (Phi) is 4.25. The standard InChI is InChI=1S/C11H16N2O3/c1-8(14)7-13(2)11(15)9-5-4-6-12-10(9)16-3/h4-6,8,14H,7H2,1-3H3. The number of hydrogen-bond acceptors (Lipinski definition) is 4. The van der Waals surface area contributed by atoms with E-state index in [1.807, 2.05) is 0 Å². The van der Waals surface area contributed by atoms with Gasteiger partial charge in [-0.15, -0.1) is 0 Å². The van der Waals surface area contributed by atoms with Crippen molar-refractivity contribution >= 4 is 5.91 Å². The number of likely N-dealkylation sites (N-methyl/N-ethyl adjacent to an activating group) is 1. The number of carbonyl (C=O) groups is 1. The van der Waals surface area contributed by atoms with Crippen LogP contribution >= 0.6 is 0 Å². The predicted octanol–water partition coefficient (Wildman–Crippen LogP) is 0.543. The number of aliphatic hydroxyl groups excluding tert-OH is 1. The Balaban J connectivity index is 2.87. The molecular formula is C11H16N2O3. The smallest absolute Gasteiger partial charge is 0.259 e. The van der Waals surface area contributed by atoms with Crippen molar-refractivity contribution in [2.24, 2.45) is 0 Å². The van der Waals surface area contributed by atoms with E-state index in [4.69, 9.17) is 4.74 Å². The third-order valence-corrected chi connectivity index (χ3v) is 2.08. The SMILES string of the molecule is COc1ncccc1C(=O)N(C)CC(C)O. The second kappa shape index (κ2) is 5.46. The van der Waals surface area contributed by atoms with Gasteiger partial charge < -0.3 is 14.7 Å². The number of rotatable bonds is 4. The lowest BCUT2D eigenvalue weighted by Crippen LogP contribution is -2.33. The molecule has 88 valence electrons. The van der Waals surface area contributed by atoms with Crippen molar-refractivity contribution in [2.45, 2.75) is 13.0 Å². The van der Waals surface area contributed by atoms with Gasteiger partial charge in [0.2, 0.25) is 5.88 Å². The number of carbonyl (C=O) groups excluding carboxylic acids is 1. The topological polar surface area (TPSA) is 62.7 Å². The highest BCUT2D eigenvalue weighted by Gasteiger charge is 2.17. The van der Waals surface area contributed by atoms with Crippen LogP contribution in [0, 0.1) is 0 Å². The van der Waals surface area contributed by atoms with Crippen LogP contribution in [0.2, 0.25) is 0 Å². The predicted molar refractivity (Wildman–Crippen MR) is 59.4 cm³/mol. The van der Waals surface area contributed by atoms with Gasteiger partial charge in [-0.2, -0.15) is 0 Å². The van der Waals surface area contributed by atoms with Crippen LogP contribution in [0.1, 0.15) is 17.3 Å². The molecule has 1 amide bonds. The molecule has 1 atom stereocenters. The molecule has 0 radical (unpaired) electrons. The molecule has 1 unspecified atom stereocenters. The van der Waals surface area contributed by atoms with E-state index in [9.17, 15) is 9.90 Å². The number of amides is 1. The van der Waals surface area contributed by atoms with Crippen LogP contribution in [0.4, 0.5) is 0 Å². The lowest BCUT2D eigenvalue weighted by atomic mass is 10.2. The van der Waals surface area contributed by atoms with Gasteiger partial charge in [-0.3, -0.25) is 4.79 Å². The fraction of sp³-hybridized carbons (Fsp3) is 0.455. The van der Waals surface area contributed by atoms with Gasteiger partial charge in [0.05, 0.1) is 13.2 Å². The van der Waals surface area contributed by atoms with Crippen LogP contribution in [-0.4, -0.2) is 47.7 Å². The maximum Gasteiger partial charge on any atom is 0.259 e. The summed E-state index contributed by atoms with van der Waals surface area (Å²) in [5, 5.41) is 9.20. The van der Waals surface area contributed by atoms with Crippen LogP contribution in [0.25, 0.3) is 0 Å². The molecule has 1 N–H and O–H groups in total. The van der Waals surface area contributed by atoms with E-state index in [-0.39, 0.29) is 12.5 Å². The monoisotopic (exact) mass is 224 g/mol. The molecule has 0 saturated carbocycles. The van der Waals surface area contributed by atoms with Crippen molar-refractivity contribution in [2.75, 3.05) is 20.7 Å². The van der Waals surface area contributed by atoms with Gasteiger partial charge in [0.25, 0.3) is 5.91 Å². The second-order valence-corrected chi connectivity index (χ2v) is 3.59. The minimum atomic E-state index is -0.559. The van der Waals surface area contributed by atoms with Gasteiger partial charge in [-0.1, -0.05) is 0 Å². The van der Waals surface area contributed by atoms with Gasteiger partial charge in [-0.05, 0) is 19.1 Å². The van der Waals surface area contributed by atoms with Crippen molar-refractivity contribution < 1.29 is 14.6 Å². The van der Waals surface area contributed by atoms with E-state index >= 15 is 0 Å². The minimum absolute atomic E-state index is 0.217. The van der Waals surface area contributed by atoms with Crippen LogP contribution < -0.4 is 4.74 Å². The maximum atomic E-state index is 12.0. The van der Waals surface area contributed by atoms with Crippen molar-refractivity contribution in [3.05, 3.63) is 23.9 Å². The fourth-order valence-corrected chi connectivity index (χ4v) is 1.40. The number of ether oxygens (including phenoxy) is 1. The summed E-state index contributed by atoms with van der Waals surface area (Å²) in [6.07, 6.45) is 1.00. The van der Waals surface area contributed by atoms with Crippen LogP contribution in [-0.2, 0) is 0 Å². The Morgan fingerprint density at radius 2 is 2.38 bits per heavy atom. The van der Waals surface area contributed by atoms with E-state index in [0.29, 0.717) is 11.4 Å². The fourth-order valence-electron chi connectivity index (χ4n) is 1.40. The molecular weight excluding hydrogens is 208 g/mol. The molecule has 1 rings (SSSR count). The first-order chi connectivity index (χ1) is 7.56. The maximum absolute atomic E-state index is 12.0. The minimum Gasteiger partial charge on any atom is -0.480 e. The Labute approximate surface area is 94.7 Å². The number of aromatic nitrogens is 1. The highest BCUT2D eigenvalue weighted by atomic mass is 16.5. The molecule has 0 aliphatic rings. The zero-order valence-corrected chi connectivity index (χ0v) is 9.67. The van der Waals surface area contributed by atoms with E-state index in [1.54, 1.807) is 32.3 Å². The summed E-state index contributed by atoms with van der Waals surface area (Å²) < 4.78 is 5.00. The number of nitrogens with zero attached hydrogens (tertiary/aromatic N) is 2. The summed E-state index contributed by atoms with van der Waals surface area (Å²) in [6.45, 7) is 1.90. The first kappa shape index (κ1) is 12.4. The number of aliphatic hydroxyl groups is 1. The highest BCUT2D eigenvalue weighted by molar-refractivity contribution is 5.96. The van der Waals surface area contributed by atoms with Crippen LogP contribution in [0.15, 0.2) is 18.3 Å². The van der Waals surface area contributed by atoms with Crippen molar-refractivity contribution in [3.63, 3.8) is 0 Å². The first-order valence-electron chi connectivity index (χ1n) is 4.98. The highest BCUT2D eigenvalue weighted by Crippen LogP contribution is 2.15. The molecule has 5 heteroatoms. The van der Waals surface area contributed by atoms with Gasteiger partial charge >= 0.3 is 0 Å². The molecule has 0 aliphatic heterocycles. The lowest BCUT2D eigenvalue weighted by Gasteiger charge is -2.19. The van der Waals surface area contributed by atoms with E-state index in [1.165, 1.54) is 12.0 Å². The Hall–Kier alpha value is -1.62. The molecule has 0 saturated heterocycles. The van der Waals surface area contributed by atoms with Crippen molar-refractivity contribution in [1.29, 1.82) is 0 Å². The van der Waals surface area contributed by atoms with Gasteiger partial charge in [0.15, 0.2) is 0 Å². The lowest BCUT2D eigenvalue weighted by molar-refractivity contribution is 0.0699. The largest absolute Gasteiger partial charge is 0.480 e. The molecule has 0 spiro atoms. The van der Waals surface area contributed by atoms with Gasteiger partial charge in [0.1, 0.15) is 5.56 Å². The van der Waals surface area contributed by atoms with Gasteiger partial charge in [0, 0.05) is 19.8 Å². The Morgan fingerprint density at radius 3 is 2.94 bits per heavy atom. The van der Waals surface area contributed by atoms with E-state index in [2.05, 4.69) is 4.98 Å². The summed E-state index contributed by atoms with van der Waals surface area (Å²) in [7, 11) is 3.09. The molecule has 16 heavy (non-hydrogen) atoms. The quantitative estimate of drug-likeness (QED) is 0.811. The van der Waals surface area contributed by atoms with Crippen LogP contribution in [0.3, 0.4) is 0 Å². The van der Waals surface area contributed by atoms with Crippen LogP contribution in [0.5, 0.6) is 5.88 Å². The molecule has 0 bridgehead atoms. The molecule has 0 fully saturated rings. The molecule has 1 heterocycles. The molecule has 1 aromatic heterocycles.